The van der Waals surface area contributed by atoms with E-state index in [2.05, 4.69) is 4.98 Å². The van der Waals surface area contributed by atoms with Crippen LogP contribution >= 0.6 is 11.6 Å². The highest BCUT2D eigenvalue weighted by molar-refractivity contribution is 6.33. The van der Waals surface area contributed by atoms with E-state index >= 15 is 0 Å². The van der Waals surface area contributed by atoms with Crippen molar-refractivity contribution >= 4 is 34.3 Å². The summed E-state index contributed by atoms with van der Waals surface area (Å²) >= 11 is 6.08. The van der Waals surface area contributed by atoms with Crippen molar-refractivity contribution in [3.8, 4) is 11.5 Å². The molecular weight excluding hydrogens is 345 g/mol. The zero-order valence-corrected chi connectivity index (χ0v) is 13.0. The van der Waals surface area contributed by atoms with Gasteiger partial charge < -0.3 is 9.32 Å². The van der Waals surface area contributed by atoms with Crippen LogP contribution in [0.2, 0.25) is 5.02 Å². The number of carbonyl (C=O) groups excluding carboxylic acids is 1. The first kappa shape index (κ1) is 16.3. The Morgan fingerprint density at radius 3 is 2.58 bits per heavy atom. The third-order valence-electron chi connectivity index (χ3n) is 3.41. The van der Waals surface area contributed by atoms with Crippen molar-refractivity contribution in [3.05, 3.63) is 47.5 Å². The number of halogens is 4. The molecule has 0 bridgehead atoms. The van der Waals surface area contributed by atoms with Crippen molar-refractivity contribution in [2.24, 2.45) is 0 Å². The zero-order valence-electron chi connectivity index (χ0n) is 12.3. The molecule has 0 saturated carbocycles. The topological polar surface area (TPSA) is 46.3 Å². The van der Waals surface area contributed by atoms with Gasteiger partial charge in [0.25, 0.3) is 0 Å². The monoisotopic (exact) mass is 354 g/mol. The van der Waals surface area contributed by atoms with E-state index in [0.29, 0.717) is 21.0 Å². The third-order valence-corrected chi connectivity index (χ3v) is 3.74. The van der Waals surface area contributed by atoms with Gasteiger partial charge in [-0.05, 0) is 24.3 Å². The number of anilines is 1. The maximum atomic E-state index is 12.5. The van der Waals surface area contributed by atoms with Gasteiger partial charge in [0.15, 0.2) is 5.58 Å². The van der Waals surface area contributed by atoms with Crippen LogP contribution in [0, 0.1) is 0 Å². The first-order valence-corrected chi connectivity index (χ1v) is 7.15. The van der Waals surface area contributed by atoms with Gasteiger partial charge in [-0.2, -0.15) is 13.2 Å². The zero-order chi connectivity index (χ0) is 17.5. The van der Waals surface area contributed by atoms with Crippen LogP contribution in [0.25, 0.3) is 22.6 Å². The fourth-order valence-corrected chi connectivity index (χ4v) is 2.40. The number of amides is 1. The Balaban J connectivity index is 2.01. The summed E-state index contributed by atoms with van der Waals surface area (Å²) in [4.78, 5) is 16.1. The first-order valence-electron chi connectivity index (χ1n) is 6.78. The van der Waals surface area contributed by atoms with Gasteiger partial charge in [0.05, 0.1) is 10.6 Å². The number of aromatic nitrogens is 1. The molecule has 4 nitrogen and oxygen atoms in total. The molecule has 0 aliphatic heterocycles. The highest BCUT2D eigenvalue weighted by Crippen LogP contribution is 2.32. The van der Waals surface area contributed by atoms with Crippen LogP contribution < -0.4 is 4.90 Å². The number of hydrogen-bond acceptors (Lipinski definition) is 3. The first-order chi connectivity index (χ1) is 11.3. The summed E-state index contributed by atoms with van der Waals surface area (Å²) in [7, 11) is 1.04. The van der Waals surface area contributed by atoms with Gasteiger partial charge in [0, 0.05) is 18.8 Å². The van der Waals surface area contributed by atoms with Gasteiger partial charge in [-0.3, -0.25) is 4.79 Å². The minimum absolute atomic E-state index is 0.0479. The van der Waals surface area contributed by atoms with E-state index < -0.39 is 12.1 Å². The molecule has 3 aromatic rings. The fraction of sp³-hybridized carbons (Fsp3) is 0.125. The summed E-state index contributed by atoms with van der Waals surface area (Å²) in [5, 5.41) is 0.439. The second-order valence-corrected chi connectivity index (χ2v) is 5.42. The molecule has 1 aromatic heterocycles. The van der Waals surface area contributed by atoms with Crippen LogP contribution in [0.15, 0.2) is 46.9 Å². The van der Waals surface area contributed by atoms with Crippen LogP contribution in [0.5, 0.6) is 0 Å². The van der Waals surface area contributed by atoms with Crippen LogP contribution in [0.3, 0.4) is 0 Å². The Bertz CT molecular complexity index is 921. The Morgan fingerprint density at radius 1 is 1.21 bits per heavy atom. The third kappa shape index (κ3) is 2.94. The molecule has 0 spiro atoms. The maximum absolute atomic E-state index is 12.5. The molecule has 2 aromatic carbocycles. The second kappa shape index (κ2) is 5.83. The number of benzene rings is 2. The van der Waals surface area contributed by atoms with Gasteiger partial charge in [0.1, 0.15) is 5.52 Å². The van der Waals surface area contributed by atoms with Crippen LogP contribution in [-0.2, 0) is 4.79 Å². The lowest BCUT2D eigenvalue weighted by molar-refractivity contribution is -0.170. The maximum Gasteiger partial charge on any atom is 0.471 e. The minimum atomic E-state index is -4.95. The van der Waals surface area contributed by atoms with Gasteiger partial charge in [-0.25, -0.2) is 4.98 Å². The molecule has 0 saturated heterocycles. The van der Waals surface area contributed by atoms with E-state index in [-0.39, 0.29) is 17.2 Å². The van der Waals surface area contributed by atoms with Gasteiger partial charge in [-0.15, -0.1) is 0 Å². The molecule has 8 heteroatoms. The quantitative estimate of drug-likeness (QED) is 0.671. The fourth-order valence-electron chi connectivity index (χ4n) is 2.18. The number of oxazole rings is 1. The average molecular weight is 355 g/mol. The molecule has 0 radical (unpaired) electrons. The van der Waals surface area contributed by atoms with E-state index in [1.54, 1.807) is 24.3 Å². The van der Waals surface area contributed by atoms with Gasteiger partial charge in [-0.1, -0.05) is 23.7 Å². The average Bonchev–Trinajstić information content (AvgIpc) is 2.95. The summed E-state index contributed by atoms with van der Waals surface area (Å²) in [6.07, 6.45) is -4.95. The lowest BCUT2D eigenvalue weighted by Gasteiger charge is -2.18. The Kier molecular flexibility index (Phi) is 3.96. The van der Waals surface area contributed by atoms with Crippen molar-refractivity contribution < 1.29 is 22.4 Å². The van der Waals surface area contributed by atoms with Gasteiger partial charge >= 0.3 is 12.1 Å². The standard InChI is InChI=1S/C16H10ClF3N2O2/c1-22(15(23)16(18,19)20)9-6-7-12-13(8-9)24-14(21-12)10-4-2-3-5-11(10)17/h2-8H,1H3. The molecule has 0 aliphatic carbocycles. The lowest BCUT2D eigenvalue weighted by atomic mass is 10.2. The van der Waals surface area contributed by atoms with Gasteiger partial charge in [0.2, 0.25) is 5.89 Å². The van der Waals surface area contributed by atoms with Crippen molar-refractivity contribution in [2.75, 3.05) is 11.9 Å². The van der Waals surface area contributed by atoms with Crippen molar-refractivity contribution in [1.82, 2.24) is 4.98 Å². The molecule has 1 amide bonds. The smallest absolute Gasteiger partial charge is 0.436 e. The molecule has 0 atom stereocenters. The number of carbonyl (C=O) groups is 1. The predicted molar refractivity (Wildman–Crippen MR) is 83.9 cm³/mol. The van der Waals surface area contributed by atoms with E-state index in [9.17, 15) is 18.0 Å². The molecule has 24 heavy (non-hydrogen) atoms. The molecule has 3 rings (SSSR count). The highest BCUT2D eigenvalue weighted by Gasteiger charge is 2.41. The molecule has 0 fully saturated rings. The summed E-state index contributed by atoms with van der Waals surface area (Å²) in [5.74, 6) is -1.72. The molecule has 0 aliphatic rings. The second-order valence-electron chi connectivity index (χ2n) is 5.01. The number of alkyl halides is 3. The lowest BCUT2D eigenvalue weighted by Crippen LogP contribution is -2.38. The summed E-state index contributed by atoms with van der Waals surface area (Å²) < 4.78 is 43.2. The summed E-state index contributed by atoms with van der Waals surface area (Å²) in [6.45, 7) is 0. The van der Waals surface area contributed by atoms with E-state index in [1.807, 2.05) is 0 Å². The highest BCUT2D eigenvalue weighted by atomic mass is 35.5. The molecule has 124 valence electrons. The largest absolute Gasteiger partial charge is 0.471 e. The Labute approximate surface area is 139 Å². The Morgan fingerprint density at radius 2 is 1.92 bits per heavy atom. The Hall–Kier alpha value is -2.54. The molecule has 0 N–H and O–H groups in total. The number of hydrogen-bond donors (Lipinski definition) is 0. The number of rotatable bonds is 2. The summed E-state index contributed by atoms with van der Waals surface area (Å²) in [6, 6.07) is 11.1. The molecule has 1 heterocycles. The van der Waals surface area contributed by atoms with Crippen LogP contribution in [-0.4, -0.2) is 24.1 Å². The van der Waals surface area contributed by atoms with Crippen LogP contribution in [0.1, 0.15) is 0 Å². The number of fused-ring (bicyclic) bond motifs is 1. The molecule has 0 unspecified atom stereocenters. The van der Waals surface area contributed by atoms with Crippen LogP contribution in [0.4, 0.5) is 18.9 Å². The van der Waals surface area contributed by atoms with Crippen molar-refractivity contribution in [1.29, 1.82) is 0 Å². The van der Waals surface area contributed by atoms with Crippen molar-refractivity contribution in [3.63, 3.8) is 0 Å². The van der Waals surface area contributed by atoms with E-state index in [1.165, 1.54) is 18.2 Å². The predicted octanol–water partition coefficient (Wildman–Crippen LogP) is 4.67. The van der Waals surface area contributed by atoms with E-state index in [4.69, 9.17) is 16.0 Å². The SMILES string of the molecule is CN(C(=O)C(F)(F)F)c1ccc2nc(-c3ccccc3Cl)oc2c1. The molecular formula is C16H10ClF3N2O2. The normalized spacial score (nSPS) is 11.7. The number of nitrogens with zero attached hydrogens (tertiary/aromatic N) is 2. The minimum Gasteiger partial charge on any atom is -0.436 e. The van der Waals surface area contributed by atoms with E-state index in [0.717, 1.165) is 7.05 Å². The van der Waals surface area contributed by atoms with Crippen molar-refractivity contribution in [2.45, 2.75) is 6.18 Å². The summed E-state index contributed by atoms with van der Waals surface area (Å²) in [5.41, 5.74) is 1.31.